The number of carbonyl (C=O) groups excluding carboxylic acids is 1. The van der Waals surface area contributed by atoms with Crippen LogP contribution in [0.4, 0.5) is 23.7 Å². The Morgan fingerprint density at radius 2 is 1.75 bits per heavy atom. The second-order valence-electron chi connectivity index (χ2n) is 6.29. The van der Waals surface area contributed by atoms with E-state index in [1.54, 1.807) is 0 Å². The lowest BCUT2D eigenvalue weighted by Crippen LogP contribution is -2.47. The van der Waals surface area contributed by atoms with Crippen LogP contribution in [0, 0.1) is 23.4 Å². The number of nitrogens with zero attached hydrogens (tertiary/aromatic N) is 2. The van der Waals surface area contributed by atoms with Crippen LogP contribution in [0.3, 0.4) is 0 Å². The summed E-state index contributed by atoms with van der Waals surface area (Å²) in [5.41, 5.74) is -0.391. The molecule has 5 nitrogen and oxygen atoms in total. The maximum atomic E-state index is 13.5. The van der Waals surface area contributed by atoms with Gasteiger partial charge in [0.25, 0.3) is 0 Å². The van der Waals surface area contributed by atoms with Gasteiger partial charge in [0.2, 0.25) is 0 Å². The molecule has 1 aliphatic heterocycles. The number of anilines is 1. The number of amides is 2. The Balaban J connectivity index is 1.75. The number of hydrogen-bond acceptors (Lipinski definition) is 3. The molecule has 1 aromatic rings. The zero-order chi connectivity index (χ0) is 17.7. The van der Waals surface area contributed by atoms with Crippen molar-refractivity contribution < 1.29 is 18.0 Å². The van der Waals surface area contributed by atoms with E-state index in [0.717, 1.165) is 32.7 Å². The predicted octanol–water partition coefficient (Wildman–Crippen LogP) is 2.11. The number of benzene rings is 1. The lowest BCUT2D eigenvalue weighted by molar-refractivity contribution is 0.138. The van der Waals surface area contributed by atoms with Gasteiger partial charge in [-0.05, 0) is 13.0 Å². The molecular formula is C16H23F3N4O. The second kappa shape index (κ2) is 8.34. The number of carbonyl (C=O) groups is 1. The molecule has 8 heteroatoms. The fraction of sp³-hybridized carbons (Fsp3) is 0.562. The molecule has 0 unspecified atom stereocenters. The summed E-state index contributed by atoms with van der Waals surface area (Å²) < 4.78 is 39.4. The molecule has 0 spiro atoms. The highest BCUT2D eigenvalue weighted by molar-refractivity contribution is 5.89. The van der Waals surface area contributed by atoms with E-state index in [1.165, 1.54) is 0 Å². The third-order valence-corrected chi connectivity index (χ3v) is 4.04. The average molecular weight is 344 g/mol. The number of urea groups is 1. The van der Waals surface area contributed by atoms with Gasteiger partial charge in [0.15, 0.2) is 11.6 Å². The summed E-state index contributed by atoms with van der Waals surface area (Å²) in [5, 5.41) is 4.81. The Morgan fingerprint density at radius 3 is 2.42 bits per heavy atom. The van der Waals surface area contributed by atoms with Crippen LogP contribution < -0.4 is 10.6 Å². The molecule has 134 valence electrons. The summed E-state index contributed by atoms with van der Waals surface area (Å²) in [4.78, 5) is 16.4. The van der Waals surface area contributed by atoms with E-state index in [2.05, 4.69) is 27.5 Å². The quantitative estimate of drug-likeness (QED) is 0.805. The highest BCUT2D eigenvalue weighted by Gasteiger charge is 2.17. The van der Waals surface area contributed by atoms with Crippen molar-refractivity contribution in [3.05, 3.63) is 29.6 Å². The van der Waals surface area contributed by atoms with Crippen molar-refractivity contribution in [1.82, 2.24) is 15.1 Å². The van der Waals surface area contributed by atoms with E-state index in [0.29, 0.717) is 18.7 Å². The van der Waals surface area contributed by atoms with Gasteiger partial charge in [-0.1, -0.05) is 6.92 Å². The van der Waals surface area contributed by atoms with Crippen LogP contribution in [0.2, 0.25) is 0 Å². The highest BCUT2D eigenvalue weighted by atomic mass is 19.2. The van der Waals surface area contributed by atoms with Gasteiger partial charge in [0, 0.05) is 51.4 Å². The van der Waals surface area contributed by atoms with Gasteiger partial charge in [-0.2, -0.15) is 0 Å². The molecule has 2 rings (SSSR count). The molecule has 24 heavy (non-hydrogen) atoms. The van der Waals surface area contributed by atoms with Crippen molar-refractivity contribution in [2.24, 2.45) is 5.92 Å². The minimum absolute atomic E-state index is 0.217. The molecule has 1 aliphatic rings. The number of piperazine rings is 1. The van der Waals surface area contributed by atoms with Crippen LogP contribution in [0.5, 0.6) is 0 Å². The van der Waals surface area contributed by atoms with E-state index in [1.807, 2.05) is 6.92 Å². The molecule has 1 heterocycles. The molecule has 0 aromatic heterocycles. The summed E-state index contributed by atoms with van der Waals surface area (Å²) in [7, 11) is 2.09. The van der Waals surface area contributed by atoms with Crippen LogP contribution >= 0.6 is 0 Å². The van der Waals surface area contributed by atoms with Crippen molar-refractivity contribution in [3.63, 3.8) is 0 Å². The monoisotopic (exact) mass is 344 g/mol. The SMILES string of the molecule is C[C@@H](CNC(=O)Nc1cc(F)c(F)cc1F)CN1CCN(C)CC1. The zero-order valence-electron chi connectivity index (χ0n) is 13.9. The van der Waals surface area contributed by atoms with Gasteiger partial charge in [0.1, 0.15) is 5.82 Å². The molecule has 1 atom stereocenters. The first-order chi connectivity index (χ1) is 11.3. The molecule has 2 amide bonds. The van der Waals surface area contributed by atoms with Crippen LogP contribution in [-0.4, -0.2) is 62.1 Å². The van der Waals surface area contributed by atoms with Gasteiger partial charge in [-0.25, -0.2) is 18.0 Å². The molecule has 0 aliphatic carbocycles. The van der Waals surface area contributed by atoms with Crippen molar-refractivity contribution in [3.8, 4) is 0 Å². The topological polar surface area (TPSA) is 47.6 Å². The van der Waals surface area contributed by atoms with E-state index in [9.17, 15) is 18.0 Å². The first kappa shape index (κ1) is 18.5. The molecule has 0 bridgehead atoms. The van der Waals surface area contributed by atoms with Gasteiger partial charge in [0.05, 0.1) is 5.69 Å². The molecule has 0 saturated carbocycles. The fourth-order valence-corrected chi connectivity index (χ4v) is 2.59. The third kappa shape index (κ3) is 5.38. The van der Waals surface area contributed by atoms with E-state index < -0.39 is 29.2 Å². The van der Waals surface area contributed by atoms with Crippen LogP contribution in [0.1, 0.15) is 6.92 Å². The number of halogens is 3. The summed E-state index contributed by atoms with van der Waals surface area (Å²) in [6, 6.07) is 0.379. The first-order valence-corrected chi connectivity index (χ1v) is 7.95. The minimum atomic E-state index is -1.29. The molecular weight excluding hydrogens is 321 g/mol. The maximum absolute atomic E-state index is 13.5. The number of rotatable bonds is 5. The molecule has 2 N–H and O–H groups in total. The van der Waals surface area contributed by atoms with E-state index in [-0.39, 0.29) is 5.92 Å². The number of likely N-dealkylation sites (N-methyl/N-ethyl adjacent to an activating group) is 1. The van der Waals surface area contributed by atoms with Crippen molar-refractivity contribution >= 4 is 11.7 Å². The smallest absolute Gasteiger partial charge is 0.319 e. The lowest BCUT2D eigenvalue weighted by atomic mass is 10.1. The molecule has 1 aromatic carbocycles. The van der Waals surface area contributed by atoms with Crippen LogP contribution in [-0.2, 0) is 0 Å². The largest absolute Gasteiger partial charge is 0.338 e. The molecule has 1 fully saturated rings. The van der Waals surface area contributed by atoms with Gasteiger partial charge in [-0.15, -0.1) is 0 Å². The molecule has 1 saturated heterocycles. The van der Waals surface area contributed by atoms with Gasteiger partial charge >= 0.3 is 6.03 Å². The van der Waals surface area contributed by atoms with Crippen LogP contribution in [0.25, 0.3) is 0 Å². The summed E-state index contributed by atoms with van der Waals surface area (Å²) >= 11 is 0. The van der Waals surface area contributed by atoms with E-state index in [4.69, 9.17) is 0 Å². The van der Waals surface area contributed by atoms with Crippen molar-refractivity contribution in [2.45, 2.75) is 6.92 Å². The Hall–Kier alpha value is -1.80. The second-order valence-corrected chi connectivity index (χ2v) is 6.29. The normalized spacial score (nSPS) is 17.5. The standard InChI is InChI=1S/C16H23F3N4O/c1-11(10-23-5-3-22(2)4-6-23)9-20-16(24)21-15-8-13(18)12(17)7-14(15)19/h7-8,11H,3-6,9-10H2,1-2H3,(H2,20,21,24)/t11-/m0/s1. The number of hydrogen-bond donors (Lipinski definition) is 2. The first-order valence-electron chi connectivity index (χ1n) is 7.95. The highest BCUT2D eigenvalue weighted by Crippen LogP contribution is 2.18. The Morgan fingerprint density at radius 1 is 1.12 bits per heavy atom. The Kier molecular flexibility index (Phi) is 6.44. The van der Waals surface area contributed by atoms with Crippen LogP contribution in [0.15, 0.2) is 12.1 Å². The summed E-state index contributed by atoms with van der Waals surface area (Å²) in [5.74, 6) is -3.31. The van der Waals surface area contributed by atoms with E-state index >= 15 is 0 Å². The fourth-order valence-electron chi connectivity index (χ4n) is 2.59. The van der Waals surface area contributed by atoms with Crippen molar-refractivity contribution in [1.29, 1.82) is 0 Å². The summed E-state index contributed by atoms with van der Waals surface area (Å²) in [6.07, 6.45) is 0. The molecule has 0 radical (unpaired) electrons. The zero-order valence-corrected chi connectivity index (χ0v) is 13.9. The Labute approximate surface area is 139 Å². The lowest BCUT2D eigenvalue weighted by Gasteiger charge is -2.33. The maximum Gasteiger partial charge on any atom is 0.319 e. The predicted molar refractivity (Wildman–Crippen MR) is 86.4 cm³/mol. The average Bonchev–Trinajstić information content (AvgIpc) is 2.53. The van der Waals surface area contributed by atoms with Gasteiger partial charge in [-0.3, -0.25) is 0 Å². The number of nitrogens with one attached hydrogen (secondary N) is 2. The van der Waals surface area contributed by atoms with Crippen molar-refractivity contribution in [2.75, 3.05) is 51.6 Å². The van der Waals surface area contributed by atoms with Gasteiger partial charge < -0.3 is 20.4 Å². The minimum Gasteiger partial charge on any atom is -0.338 e. The third-order valence-electron chi connectivity index (χ3n) is 4.04. The Bertz CT molecular complexity index is 577. The summed E-state index contributed by atoms with van der Waals surface area (Å²) in [6.45, 7) is 7.31.